The Balaban J connectivity index is 3.05. The molecule has 1 rings (SSSR count). The van der Waals surface area contributed by atoms with E-state index in [0.29, 0.717) is 10.9 Å². The molecule has 14 heavy (non-hydrogen) atoms. The Labute approximate surface area is 95.4 Å². The van der Waals surface area contributed by atoms with Gasteiger partial charge >= 0.3 is 0 Å². The molecule has 0 aromatic heterocycles. The van der Waals surface area contributed by atoms with E-state index in [9.17, 15) is 9.18 Å². The first-order chi connectivity index (χ1) is 6.56. The van der Waals surface area contributed by atoms with E-state index in [2.05, 4.69) is 15.9 Å². The predicted molar refractivity (Wildman–Crippen MR) is 58.2 cm³/mol. The van der Waals surface area contributed by atoms with Crippen molar-refractivity contribution in [2.24, 2.45) is 0 Å². The predicted octanol–water partition coefficient (Wildman–Crippen LogP) is 3.93. The lowest BCUT2D eigenvalue weighted by atomic mass is 9.98. The van der Waals surface area contributed by atoms with Crippen LogP contribution in [0.1, 0.15) is 24.8 Å². The van der Waals surface area contributed by atoms with Gasteiger partial charge in [0.25, 0.3) is 0 Å². The second-order valence-electron chi connectivity index (χ2n) is 3.10. The zero-order valence-corrected chi connectivity index (χ0v) is 9.90. The minimum absolute atomic E-state index is 0.00978. The molecule has 0 heterocycles. The van der Waals surface area contributed by atoms with Gasteiger partial charge < -0.3 is 4.79 Å². The smallest absolute Gasteiger partial charge is 0.143 e. The third-order valence-electron chi connectivity index (χ3n) is 2.02. The van der Waals surface area contributed by atoms with Gasteiger partial charge in [-0.1, -0.05) is 18.5 Å². The molecular weight excluding hydrogens is 270 g/mol. The zero-order valence-electron chi connectivity index (χ0n) is 7.56. The van der Waals surface area contributed by atoms with Crippen LogP contribution < -0.4 is 0 Å². The first kappa shape index (κ1) is 11.7. The summed E-state index contributed by atoms with van der Waals surface area (Å²) in [6.07, 6.45) is 1.21. The van der Waals surface area contributed by atoms with Gasteiger partial charge in [-0.05, 0) is 39.5 Å². The molecule has 0 aliphatic heterocycles. The van der Waals surface area contributed by atoms with Crippen molar-refractivity contribution in [2.45, 2.75) is 19.3 Å². The van der Waals surface area contributed by atoms with Gasteiger partial charge in [-0.3, -0.25) is 0 Å². The fourth-order valence-corrected chi connectivity index (χ4v) is 1.70. The van der Waals surface area contributed by atoms with Crippen LogP contribution >= 0.6 is 27.5 Å². The SMILES string of the molecule is CC(CC=O)c1cc(F)c(Cl)c(Br)c1. The maximum atomic E-state index is 13.2. The zero-order chi connectivity index (χ0) is 10.7. The van der Waals surface area contributed by atoms with Crippen LogP contribution in [0.3, 0.4) is 0 Å². The summed E-state index contributed by atoms with van der Waals surface area (Å²) in [4.78, 5) is 10.3. The van der Waals surface area contributed by atoms with Crippen molar-refractivity contribution in [3.05, 3.63) is 33.0 Å². The highest BCUT2D eigenvalue weighted by molar-refractivity contribution is 9.10. The van der Waals surface area contributed by atoms with Crippen LogP contribution in [-0.2, 0) is 4.79 Å². The quantitative estimate of drug-likeness (QED) is 0.605. The number of halogens is 3. The van der Waals surface area contributed by atoms with Crippen molar-refractivity contribution in [3.8, 4) is 0 Å². The average molecular weight is 280 g/mol. The van der Waals surface area contributed by atoms with Crippen molar-refractivity contribution in [1.29, 1.82) is 0 Å². The number of hydrogen-bond donors (Lipinski definition) is 0. The first-order valence-corrected chi connectivity index (χ1v) is 5.31. The molecule has 0 spiro atoms. The lowest BCUT2D eigenvalue weighted by molar-refractivity contribution is -0.108. The summed E-state index contributed by atoms with van der Waals surface area (Å²) in [6.45, 7) is 1.86. The lowest BCUT2D eigenvalue weighted by Crippen LogP contribution is -1.96. The third-order valence-corrected chi connectivity index (χ3v) is 3.26. The monoisotopic (exact) mass is 278 g/mol. The van der Waals surface area contributed by atoms with Gasteiger partial charge in [0.15, 0.2) is 0 Å². The summed E-state index contributed by atoms with van der Waals surface area (Å²) in [5.74, 6) is -0.454. The third kappa shape index (κ3) is 2.55. The first-order valence-electron chi connectivity index (χ1n) is 4.14. The molecule has 0 N–H and O–H groups in total. The number of carbonyl (C=O) groups excluding carboxylic acids is 1. The Hall–Kier alpha value is -0.410. The normalized spacial score (nSPS) is 12.6. The summed E-state index contributed by atoms with van der Waals surface area (Å²) in [5, 5.41) is 0.0760. The van der Waals surface area contributed by atoms with Crippen LogP contribution in [-0.4, -0.2) is 6.29 Å². The highest BCUT2D eigenvalue weighted by atomic mass is 79.9. The summed E-state index contributed by atoms with van der Waals surface area (Å²) in [7, 11) is 0. The second-order valence-corrected chi connectivity index (χ2v) is 4.33. The van der Waals surface area contributed by atoms with Crippen molar-refractivity contribution in [1.82, 2.24) is 0 Å². The molecule has 0 aliphatic carbocycles. The van der Waals surface area contributed by atoms with E-state index in [4.69, 9.17) is 11.6 Å². The van der Waals surface area contributed by atoms with Crippen LogP contribution in [0.25, 0.3) is 0 Å². The van der Waals surface area contributed by atoms with Gasteiger partial charge in [0.05, 0.1) is 5.02 Å². The standard InChI is InChI=1S/C10H9BrClFO/c1-6(2-3-14)7-4-8(11)10(12)9(13)5-7/h3-6H,2H2,1H3. The minimum Gasteiger partial charge on any atom is -0.303 e. The fraction of sp³-hybridized carbons (Fsp3) is 0.300. The van der Waals surface area contributed by atoms with E-state index in [1.165, 1.54) is 6.07 Å². The topological polar surface area (TPSA) is 17.1 Å². The molecule has 0 bridgehead atoms. The molecule has 0 aliphatic rings. The van der Waals surface area contributed by atoms with Gasteiger partial charge in [-0.2, -0.15) is 0 Å². The molecule has 1 atom stereocenters. The molecule has 76 valence electrons. The summed E-state index contributed by atoms with van der Waals surface area (Å²) < 4.78 is 13.7. The van der Waals surface area contributed by atoms with Crippen molar-refractivity contribution < 1.29 is 9.18 Å². The number of rotatable bonds is 3. The maximum Gasteiger partial charge on any atom is 0.143 e. The van der Waals surface area contributed by atoms with Gasteiger partial charge in [0, 0.05) is 10.9 Å². The average Bonchev–Trinajstić information content (AvgIpc) is 2.13. The number of aldehydes is 1. The highest BCUT2D eigenvalue weighted by Crippen LogP contribution is 2.30. The fourth-order valence-electron chi connectivity index (χ4n) is 1.14. The Morgan fingerprint density at radius 3 is 2.79 bits per heavy atom. The van der Waals surface area contributed by atoms with E-state index >= 15 is 0 Å². The molecule has 1 aromatic carbocycles. The summed E-state index contributed by atoms with van der Waals surface area (Å²) in [5.41, 5.74) is 0.769. The van der Waals surface area contributed by atoms with Crippen molar-refractivity contribution >= 4 is 33.8 Å². The Morgan fingerprint density at radius 1 is 1.64 bits per heavy atom. The molecule has 1 unspecified atom stereocenters. The molecule has 0 saturated carbocycles. The Kier molecular flexibility index (Phi) is 4.08. The number of carbonyl (C=O) groups is 1. The molecule has 0 fully saturated rings. The van der Waals surface area contributed by atoms with Crippen LogP contribution in [0.2, 0.25) is 5.02 Å². The van der Waals surface area contributed by atoms with Crippen molar-refractivity contribution in [3.63, 3.8) is 0 Å². The van der Waals surface area contributed by atoms with Crippen LogP contribution in [0.15, 0.2) is 16.6 Å². The van der Waals surface area contributed by atoms with Gasteiger partial charge in [0.2, 0.25) is 0 Å². The van der Waals surface area contributed by atoms with E-state index in [0.717, 1.165) is 11.8 Å². The van der Waals surface area contributed by atoms with Crippen LogP contribution in [0, 0.1) is 5.82 Å². The van der Waals surface area contributed by atoms with E-state index in [1.54, 1.807) is 6.07 Å². The highest BCUT2D eigenvalue weighted by Gasteiger charge is 2.11. The molecule has 4 heteroatoms. The molecular formula is C10H9BrClFO. The number of benzene rings is 1. The van der Waals surface area contributed by atoms with E-state index < -0.39 is 5.82 Å². The molecule has 0 saturated heterocycles. The van der Waals surface area contributed by atoms with Gasteiger partial charge in [-0.15, -0.1) is 0 Å². The van der Waals surface area contributed by atoms with Crippen LogP contribution in [0.4, 0.5) is 4.39 Å². The molecule has 0 radical (unpaired) electrons. The molecule has 0 amide bonds. The number of hydrogen-bond acceptors (Lipinski definition) is 1. The second kappa shape index (κ2) is 4.89. The van der Waals surface area contributed by atoms with Gasteiger partial charge in [0.1, 0.15) is 12.1 Å². The minimum atomic E-state index is -0.464. The molecule has 1 nitrogen and oxygen atoms in total. The van der Waals surface area contributed by atoms with Crippen LogP contribution in [0.5, 0.6) is 0 Å². The Morgan fingerprint density at radius 2 is 2.29 bits per heavy atom. The summed E-state index contributed by atoms with van der Waals surface area (Å²) >= 11 is 8.80. The lowest BCUT2D eigenvalue weighted by Gasteiger charge is -2.09. The van der Waals surface area contributed by atoms with Crippen molar-refractivity contribution in [2.75, 3.05) is 0 Å². The largest absolute Gasteiger partial charge is 0.303 e. The Bertz CT molecular complexity index is 331. The van der Waals surface area contributed by atoms with E-state index in [-0.39, 0.29) is 10.9 Å². The summed E-state index contributed by atoms with van der Waals surface area (Å²) in [6, 6.07) is 3.10. The molecule has 1 aromatic rings. The maximum absolute atomic E-state index is 13.2. The van der Waals surface area contributed by atoms with E-state index in [1.807, 2.05) is 6.92 Å². The van der Waals surface area contributed by atoms with Gasteiger partial charge in [-0.25, -0.2) is 4.39 Å².